The molecule has 0 spiro atoms. The van der Waals surface area contributed by atoms with E-state index < -0.39 is 0 Å². The highest BCUT2D eigenvalue weighted by molar-refractivity contribution is 7.07. The van der Waals surface area contributed by atoms with Crippen LogP contribution in [0.2, 0.25) is 0 Å². The minimum Gasteiger partial charge on any atom is -0.348 e. The molecule has 1 amide bonds. The normalized spacial score (nSPS) is 14.7. The van der Waals surface area contributed by atoms with Gasteiger partial charge in [-0.25, -0.2) is 0 Å². The van der Waals surface area contributed by atoms with Gasteiger partial charge in [-0.05, 0) is 36.4 Å². The highest BCUT2D eigenvalue weighted by atomic mass is 32.1. The van der Waals surface area contributed by atoms with Crippen LogP contribution in [0, 0.1) is 0 Å². The van der Waals surface area contributed by atoms with Crippen LogP contribution in [0.3, 0.4) is 0 Å². The van der Waals surface area contributed by atoms with Crippen LogP contribution in [0.5, 0.6) is 0 Å². The monoisotopic (exact) mass is 255 g/mol. The third-order valence-electron chi connectivity index (χ3n) is 2.74. The number of thiophene rings is 1. The van der Waals surface area contributed by atoms with Crippen molar-refractivity contribution in [2.45, 2.75) is 19.0 Å². The van der Waals surface area contributed by atoms with Crippen molar-refractivity contribution in [3.05, 3.63) is 22.4 Å². The summed E-state index contributed by atoms with van der Waals surface area (Å²) in [5.74, 6) is 0.0911. The van der Waals surface area contributed by atoms with E-state index in [-0.39, 0.29) is 18.0 Å². The molecule has 1 aromatic heterocycles. The average molecular weight is 255 g/mol. The Hall–Kier alpha value is -0.910. The molecule has 4 nitrogen and oxygen atoms in total. The van der Waals surface area contributed by atoms with E-state index in [1.807, 2.05) is 24.3 Å². The zero-order valence-electron chi connectivity index (χ0n) is 10.9. The van der Waals surface area contributed by atoms with Crippen molar-refractivity contribution in [2.24, 2.45) is 5.73 Å². The molecule has 2 N–H and O–H groups in total. The van der Waals surface area contributed by atoms with Crippen molar-refractivity contribution in [2.75, 3.05) is 27.7 Å². The highest BCUT2D eigenvalue weighted by Crippen LogP contribution is 2.24. The van der Waals surface area contributed by atoms with Gasteiger partial charge >= 0.3 is 0 Å². The molecule has 0 aliphatic heterocycles. The maximum atomic E-state index is 11.7. The molecule has 0 bridgehead atoms. The van der Waals surface area contributed by atoms with Gasteiger partial charge in [0.25, 0.3) is 0 Å². The number of likely N-dealkylation sites (N-methyl/N-ethyl adjacent to an activating group) is 2. The molecule has 2 unspecified atom stereocenters. The van der Waals surface area contributed by atoms with Gasteiger partial charge in [0.15, 0.2) is 0 Å². The second-order valence-corrected chi connectivity index (χ2v) is 5.34. The predicted molar refractivity (Wildman–Crippen MR) is 72.0 cm³/mol. The molecule has 0 aliphatic carbocycles. The molecule has 0 aromatic carbocycles. The van der Waals surface area contributed by atoms with Crippen molar-refractivity contribution < 1.29 is 4.79 Å². The Labute approximate surface area is 107 Å². The van der Waals surface area contributed by atoms with E-state index in [0.29, 0.717) is 6.54 Å². The van der Waals surface area contributed by atoms with E-state index in [1.54, 1.807) is 30.3 Å². The molecule has 0 saturated heterocycles. The summed E-state index contributed by atoms with van der Waals surface area (Å²) < 4.78 is 0. The number of carbonyl (C=O) groups is 1. The fourth-order valence-corrected chi connectivity index (χ4v) is 2.55. The van der Waals surface area contributed by atoms with Crippen LogP contribution in [0.25, 0.3) is 0 Å². The molecule has 1 rings (SSSR count). The van der Waals surface area contributed by atoms with Crippen molar-refractivity contribution in [1.82, 2.24) is 9.80 Å². The van der Waals surface area contributed by atoms with Crippen LogP contribution in [-0.2, 0) is 4.79 Å². The summed E-state index contributed by atoms with van der Waals surface area (Å²) in [4.78, 5) is 15.3. The summed E-state index contributed by atoms with van der Waals surface area (Å²) in [6, 6.07) is 2.14. The van der Waals surface area contributed by atoms with Gasteiger partial charge in [-0.15, -0.1) is 0 Å². The lowest BCUT2D eigenvalue weighted by molar-refractivity contribution is -0.130. The number of hydrogen-bond acceptors (Lipinski definition) is 4. The van der Waals surface area contributed by atoms with Gasteiger partial charge in [-0.3, -0.25) is 9.69 Å². The topological polar surface area (TPSA) is 49.6 Å². The highest BCUT2D eigenvalue weighted by Gasteiger charge is 2.23. The van der Waals surface area contributed by atoms with E-state index in [4.69, 9.17) is 5.73 Å². The number of rotatable bonds is 5. The standard InChI is InChI=1S/C12H21N3OS/c1-9(13)12(10-5-6-17-8-10)15(4)7-11(16)14(2)3/h5-6,8-9,12H,7,13H2,1-4H3. The summed E-state index contributed by atoms with van der Waals surface area (Å²) in [5, 5.41) is 4.12. The van der Waals surface area contributed by atoms with Crippen LogP contribution in [0.15, 0.2) is 16.8 Å². The smallest absolute Gasteiger partial charge is 0.236 e. The number of nitrogens with two attached hydrogens (primary N) is 1. The van der Waals surface area contributed by atoms with E-state index >= 15 is 0 Å². The Morgan fingerprint density at radius 2 is 2.12 bits per heavy atom. The molecular formula is C12H21N3OS. The largest absolute Gasteiger partial charge is 0.348 e. The second-order valence-electron chi connectivity index (χ2n) is 4.56. The number of hydrogen-bond donors (Lipinski definition) is 1. The lowest BCUT2D eigenvalue weighted by atomic mass is 10.0. The first-order chi connectivity index (χ1) is 7.93. The van der Waals surface area contributed by atoms with Gasteiger partial charge in [-0.2, -0.15) is 11.3 Å². The Balaban J connectivity index is 2.75. The first-order valence-electron chi connectivity index (χ1n) is 5.61. The maximum Gasteiger partial charge on any atom is 0.236 e. The van der Waals surface area contributed by atoms with E-state index in [1.165, 1.54) is 5.56 Å². The number of carbonyl (C=O) groups excluding carboxylic acids is 1. The van der Waals surface area contributed by atoms with Crippen molar-refractivity contribution in [1.29, 1.82) is 0 Å². The van der Waals surface area contributed by atoms with Crippen LogP contribution in [-0.4, -0.2) is 49.4 Å². The minimum atomic E-state index is -0.00966. The van der Waals surface area contributed by atoms with E-state index in [2.05, 4.69) is 11.4 Å². The van der Waals surface area contributed by atoms with Crippen LogP contribution < -0.4 is 5.73 Å². The van der Waals surface area contributed by atoms with E-state index in [0.717, 1.165) is 0 Å². The summed E-state index contributed by atoms with van der Waals surface area (Å²) in [5.41, 5.74) is 7.20. The molecule has 0 saturated carbocycles. The molecule has 5 heteroatoms. The molecule has 0 aliphatic rings. The Kier molecular flexibility index (Phi) is 5.11. The van der Waals surface area contributed by atoms with E-state index in [9.17, 15) is 4.79 Å². The fourth-order valence-electron chi connectivity index (χ4n) is 1.86. The number of nitrogens with zero attached hydrogens (tertiary/aromatic N) is 2. The quantitative estimate of drug-likeness (QED) is 0.859. The molecular weight excluding hydrogens is 234 g/mol. The zero-order chi connectivity index (χ0) is 13.0. The lowest BCUT2D eigenvalue weighted by Gasteiger charge is -2.30. The summed E-state index contributed by atoms with van der Waals surface area (Å²) in [7, 11) is 5.47. The first kappa shape index (κ1) is 14.2. The predicted octanol–water partition coefficient (Wildman–Crippen LogP) is 1.16. The molecule has 0 fully saturated rings. The average Bonchev–Trinajstić information content (AvgIpc) is 2.70. The first-order valence-corrected chi connectivity index (χ1v) is 6.55. The van der Waals surface area contributed by atoms with Gasteiger partial charge in [0.2, 0.25) is 5.91 Å². The Morgan fingerprint density at radius 1 is 1.47 bits per heavy atom. The maximum absolute atomic E-state index is 11.7. The molecule has 96 valence electrons. The third kappa shape index (κ3) is 3.80. The fraction of sp³-hybridized carbons (Fsp3) is 0.583. The molecule has 1 heterocycles. The summed E-state index contributed by atoms with van der Waals surface area (Å²) in [6.07, 6.45) is 0. The molecule has 2 atom stereocenters. The second kappa shape index (κ2) is 6.14. The van der Waals surface area contributed by atoms with Gasteiger partial charge in [0.05, 0.1) is 12.6 Å². The Morgan fingerprint density at radius 3 is 2.53 bits per heavy atom. The third-order valence-corrected chi connectivity index (χ3v) is 3.44. The summed E-state index contributed by atoms with van der Waals surface area (Å²) in [6.45, 7) is 2.36. The Bertz CT molecular complexity index is 349. The SMILES string of the molecule is CC(N)C(c1ccsc1)N(C)CC(=O)N(C)C. The van der Waals surface area contributed by atoms with Gasteiger partial charge in [-0.1, -0.05) is 0 Å². The lowest BCUT2D eigenvalue weighted by Crippen LogP contribution is -2.42. The zero-order valence-corrected chi connectivity index (χ0v) is 11.7. The van der Waals surface area contributed by atoms with Crippen LogP contribution >= 0.6 is 11.3 Å². The van der Waals surface area contributed by atoms with Crippen LogP contribution in [0.4, 0.5) is 0 Å². The van der Waals surface area contributed by atoms with Crippen molar-refractivity contribution in [3.63, 3.8) is 0 Å². The van der Waals surface area contributed by atoms with Crippen molar-refractivity contribution in [3.8, 4) is 0 Å². The summed E-state index contributed by atoms with van der Waals surface area (Å²) >= 11 is 1.65. The number of amides is 1. The minimum absolute atomic E-state index is 0.00966. The van der Waals surface area contributed by atoms with Crippen molar-refractivity contribution >= 4 is 17.2 Å². The molecule has 17 heavy (non-hydrogen) atoms. The van der Waals surface area contributed by atoms with Crippen LogP contribution in [0.1, 0.15) is 18.5 Å². The van der Waals surface area contributed by atoms with Gasteiger partial charge in [0, 0.05) is 20.1 Å². The molecule has 1 aromatic rings. The molecule has 0 radical (unpaired) electrons. The van der Waals surface area contributed by atoms with Gasteiger partial charge < -0.3 is 10.6 Å². The van der Waals surface area contributed by atoms with Gasteiger partial charge in [0.1, 0.15) is 0 Å².